The molecular formula is C17H33NO3. The highest BCUT2D eigenvalue weighted by Gasteiger charge is 2.25. The maximum absolute atomic E-state index is 12.0. The Bertz CT molecular complexity index is 290. The van der Waals surface area contributed by atoms with Crippen LogP contribution in [0.2, 0.25) is 0 Å². The first kappa shape index (κ1) is 19.9. The fourth-order valence-electron chi connectivity index (χ4n) is 2.04. The zero-order valence-corrected chi connectivity index (χ0v) is 14.2. The normalized spacial score (nSPS) is 12.2. The third-order valence-corrected chi connectivity index (χ3v) is 3.49. The van der Waals surface area contributed by atoms with Gasteiger partial charge in [-0.2, -0.15) is 0 Å². The van der Waals surface area contributed by atoms with Gasteiger partial charge in [0.15, 0.2) is 0 Å². The highest BCUT2D eigenvalue weighted by Crippen LogP contribution is 2.08. The number of amides is 1. The van der Waals surface area contributed by atoms with Crippen molar-refractivity contribution in [2.24, 2.45) is 5.92 Å². The largest absolute Gasteiger partial charge is 0.464 e. The van der Waals surface area contributed by atoms with Gasteiger partial charge in [0.2, 0.25) is 5.91 Å². The van der Waals surface area contributed by atoms with Crippen molar-refractivity contribution in [3.63, 3.8) is 0 Å². The molecule has 1 atom stereocenters. The van der Waals surface area contributed by atoms with Crippen LogP contribution >= 0.6 is 0 Å². The monoisotopic (exact) mass is 299 g/mol. The molecule has 21 heavy (non-hydrogen) atoms. The summed E-state index contributed by atoms with van der Waals surface area (Å²) in [6.45, 7) is 8.50. The predicted molar refractivity (Wildman–Crippen MR) is 86.0 cm³/mol. The number of esters is 1. The second-order valence-electron chi connectivity index (χ2n) is 5.97. The van der Waals surface area contributed by atoms with E-state index in [1.54, 1.807) is 0 Å². The number of ether oxygens (including phenoxy) is 1. The van der Waals surface area contributed by atoms with E-state index in [1.807, 2.05) is 20.8 Å². The molecule has 0 saturated heterocycles. The van der Waals surface area contributed by atoms with Crippen molar-refractivity contribution in [2.45, 2.75) is 85.1 Å². The van der Waals surface area contributed by atoms with Gasteiger partial charge in [-0.25, -0.2) is 4.79 Å². The van der Waals surface area contributed by atoms with Crippen LogP contribution in [0.5, 0.6) is 0 Å². The Morgan fingerprint density at radius 3 is 2.14 bits per heavy atom. The molecule has 0 aliphatic rings. The number of carbonyl (C=O) groups is 2. The van der Waals surface area contributed by atoms with Crippen LogP contribution in [0.25, 0.3) is 0 Å². The number of unbranched alkanes of at least 4 members (excludes halogenated alkanes) is 5. The van der Waals surface area contributed by atoms with Crippen molar-refractivity contribution in [2.75, 3.05) is 6.61 Å². The third-order valence-electron chi connectivity index (χ3n) is 3.49. The second-order valence-corrected chi connectivity index (χ2v) is 5.97. The SMILES string of the molecule is CCCCCCCC(=O)NC(C(=O)OCCCC)C(C)C. The van der Waals surface area contributed by atoms with Crippen LogP contribution in [0.4, 0.5) is 0 Å². The van der Waals surface area contributed by atoms with Crippen molar-refractivity contribution < 1.29 is 14.3 Å². The summed E-state index contributed by atoms with van der Waals surface area (Å²) in [6, 6.07) is -0.523. The molecular weight excluding hydrogens is 266 g/mol. The van der Waals surface area contributed by atoms with E-state index in [4.69, 9.17) is 4.74 Å². The van der Waals surface area contributed by atoms with Crippen molar-refractivity contribution in [1.29, 1.82) is 0 Å². The van der Waals surface area contributed by atoms with Gasteiger partial charge in [0.25, 0.3) is 0 Å². The molecule has 0 spiro atoms. The molecule has 124 valence electrons. The molecule has 0 aliphatic carbocycles. The Hall–Kier alpha value is -1.06. The van der Waals surface area contributed by atoms with Crippen molar-refractivity contribution in [3.8, 4) is 0 Å². The minimum absolute atomic E-state index is 0.0439. The molecule has 0 fully saturated rings. The van der Waals surface area contributed by atoms with Gasteiger partial charge in [0.05, 0.1) is 6.61 Å². The molecule has 0 aromatic heterocycles. The van der Waals surface area contributed by atoms with Gasteiger partial charge in [-0.15, -0.1) is 0 Å². The average molecular weight is 299 g/mol. The highest BCUT2D eigenvalue weighted by molar-refractivity contribution is 5.84. The van der Waals surface area contributed by atoms with Gasteiger partial charge in [-0.3, -0.25) is 4.79 Å². The van der Waals surface area contributed by atoms with Gasteiger partial charge in [-0.1, -0.05) is 59.8 Å². The van der Waals surface area contributed by atoms with E-state index in [-0.39, 0.29) is 17.8 Å². The molecule has 1 N–H and O–H groups in total. The van der Waals surface area contributed by atoms with E-state index in [0.29, 0.717) is 13.0 Å². The van der Waals surface area contributed by atoms with E-state index < -0.39 is 6.04 Å². The van der Waals surface area contributed by atoms with E-state index in [0.717, 1.165) is 25.7 Å². The lowest BCUT2D eigenvalue weighted by atomic mass is 10.0. The molecule has 0 aliphatic heterocycles. The Morgan fingerprint density at radius 2 is 1.57 bits per heavy atom. The topological polar surface area (TPSA) is 55.4 Å². The predicted octanol–water partition coefficient (Wildman–Crippen LogP) is 3.83. The van der Waals surface area contributed by atoms with E-state index in [9.17, 15) is 9.59 Å². The van der Waals surface area contributed by atoms with Crippen molar-refractivity contribution >= 4 is 11.9 Å². The molecule has 4 nitrogen and oxygen atoms in total. The number of rotatable bonds is 12. The van der Waals surface area contributed by atoms with Crippen LogP contribution in [0.1, 0.15) is 79.1 Å². The smallest absolute Gasteiger partial charge is 0.328 e. The van der Waals surface area contributed by atoms with Gasteiger partial charge < -0.3 is 10.1 Å². The van der Waals surface area contributed by atoms with Crippen LogP contribution < -0.4 is 5.32 Å². The lowest BCUT2D eigenvalue weighted by Gasteiger charge is -2.20. The number of carbonyl (C=O) groups excluding carboxylic acids is 2. The van der Waals surface area contributed by atoms with E-state index in [1.165, 1.54) is 19.3 Å². The molecule has 4 heteroatoms. The molecule has 0 saturated carbocycles. The van der Waals surface area contributed by atoms with Crippen molar-refractivity contribution in [1.82, 2.24) is 5.32 Å². The first-order chi connectivity index (χ1) is 10.0. The molecule has 0 rings (SSSR count). The van der Waals surface area contributed by atoms with Gasteiger partial charge in [0.1, 0.15) is 6.04 Å². The quantitative estimate of drug-likeness (QED) is 0.440. The summed E-state index contributed by atoms with van der Waals surface area (Å²) in [6.07, 6.45) is 7.92. The fraction of sp³-hybridized carbons (Fsp3) is 0.882. The maximum atomic E-state index is 12.0. The summed E-state index contributed by atoms with van der Waals surface area (Å²) in [4.78, 5) is 23.9. The Morgan fingerprint density at radius 1 is 0.952 bits per heavy atom. The average Bonchev–Trinajstić information content (AvgIpc) is 2.44. The van der Waals surface area contributed by atoms with Crippen LogP contribution in [0, 0.1) is 5.92 Å². The summed E-state index contributed by atoms with van der Waals surface area (Å²) < 4.78 is 5.21. The first-order valence-electron chi connectivity index (χ1n) is 8.48. The zero-order chi connectivity index (χ0) is 16.1. The minimum Gasteiger partial charge on any atom is -0.464 e. The minimum atomic E-state index is -0.523. The number of hydrogen-bond donors (Lipinski definition) is 1. The van der Waals surface area contributed by atoms with E-state index in [2.05, 4.69) is 12.2 Å². The molecule has 0 aromatic rings. The van der Waals surface area contributed by atoms with Crippen LogP contribution in [0.3, 0.4) is 0 Å². The lowest BCUT2D eigenvalue weighted by molar-refractivity contribution is -0.149. The van der Waals surface area contributed by atoms with Crippen molar-refractivity contribution in [3.05, 3.63) is 0 Å². The Kier molecular flexibility index (Phi) is 12.0. The first-order valence-corrected chi connectivity index (χ1v) is 8.48. The molecule has 0 heterocycles. The number of nitrogens with one attached hydrogen (secondary N) is 1. The summed E-state index contributed by atoms with van der Waals surface area (Å²) in [7, 11) is 0. The molecule has 0 bridgehead atoms. The molecule has 0 aromatic carbocycles. The lowest BCUT2D eigenvalue weighted by Crippen LogP contribution is -2.45. The third kappa shape index (κ3) is 10.3. The van der Waals surface area contributed by atoms with Gasteiger partial charge >= 0.3 is 5.97 Å². The summed E-state index contributed by atoms with van der Waals surface area (Å²) in [5, 5.41) is 2.82. The number of hydrogen-bond acceptors (Lipinski definition) is 3. The maximum Gasteiger partial charge on any atom is 0.328 e. The van der Waals surface area contributed by atoms with Gasteiger partial charge in [0, 0.05) is 6.42 Å². The van der Waals surface area contributed by atoms with Gasteiger partial charge in [-0.05, 0) is 18.8 Å². The zero-order valence-electron chi connectivity index (χ0n) is 14.2. The summed E-state index contributed by atoms with van der Waals surface area (Å²) in [5.41, 5.74) is 0. The fourth-order valence-corrected chi connectivity index (χ4v) is 2.04. The molecule has 0 radical (unpaired) electrons. The highest BCUT2D eigenvalue weighted by atomic mass is 16.5. The van der Waals surface area contributed by atoms with Crippen LogP contribution in [-0.4, -0.2) is 24.5 Å². The van der Waals surface area contributed by atoms with Crippen LogP contribution in [0.15, 0.2) is 0 Å². The van der Waals surface area contributed by atoms with E-state index >= 15 is 0 Å². The standard InChI is InChI=1S/C17H33NO3/c1-5-7-9-10-11-12-15(19)18-16(14(3)4)17(20)21-13-8-6-2/h14,16H,5-13H2,1-4H3,(H,18,19). The summed E-state index contributed by atoms with van der Waals surface area (Å²) in [5.74, 6) is -0.307. The second kappa shape index (κ2) is 12.7. The molecule has 1 unspecified atom stereocenters. The Balaban J connectivity index is 4.06. The van der Waals surface area contributed by atoms with Crippen LogP contribution in [-0.2, 0) is 14.3 Å². The summed E-state index contributed by atoms with van der Waals surface area (Å²) >= 11 is 0. The Labute approximate surface area is 130 Å². The molecule has 1 amide bonds.